The van der Waals surface area contributed by atoms with Crippen LogP contribution in [0.4, 0.5) is 0 Å². The van der Waals surface area contributed by atoms with Crippen LogP contribution in [-0.4, -0.2) is 19.9 Å². The molecule has 0 aliphatic heterocycles. The van der Waals surface area contributed by atoms with Crippen molar-refractivity contribution in [3.05, 3.63) is 158 Å². The molecule has 0 aliphatic rings. The van der Waals surface area contributed by atoms with E-state index in [1.165, 1.54) is 0 Å². The quantitative estimate of drug-likeness (QED) is 0.209. The molecule has 4 nitrogen and oxygen atoms in total. The first-order chi connectivity index (χ1) is 21.8. The maximum Gasteiger partial charge on any atom is 0.164 e. The molecule has 0 radical (unpaired) electrons. The Balaban J connectivity index is 1.33. The van der Waals surface area contributed by atoms with Crippen molar-refractivity contribution in [2.45, 2.75) is 0 Å². The predicted molar refractivity (Wildman–Crippen MR) is 180 cm³/mol. The Morgan fingerprint density at radius 3 is 1.77 bits per heavy atom. The number of hydrogen-bond acceptors (Lipinski definition) is 4. The van der Waals surface area contributed by atoms with Gasteiger partial charge in [0, 0.05) is 33.8 Å². The highest BCUT2D eigenvalue weighted by molar-refractivity contribution is 5.98. The van der Waals surface area contributed by atoms with Crippen LogP contribution in [0.1, 0.15) is 0 Å². The predicted octanol–water partition coefficient (Wildman–Crippen LogP) is 9.91. The minimum atomic E-state index is 0.635. The largest absolute Gasteiger partial charge is 0.256 e. The average molecular weight is 563 g/mol. The number of aromatic nitrogens is 4. The molecule has 6 aromatic carbocycles. The first kappa shape index (κ1) is 25.7. The molecule has 2 heterocycles. The van der Waals surface area contributed by atoms with Crippen LogP contribution in [-0.2, 0) is 0 Å². The summed E-state index contributed by atoms with van der Waals surface area (Å²) in [5, 5.41) is 3.31. The van der Waals surface area contributed by atoms with Gasteiger partial charge in [-0.05, 0) is 45.7 Å². The van der Waals surface area contributed by atoms with E-state index < -0.39 is 0 Å². The smallest absolute Gasteiger partial charge is 0.164 e. The molecule has 2 aromatic heterocycles. The fourth-order valence-electron chi connectivity index (χ4n) is 5.76. The number of para-hydroxylation sites is 1. The van der Waals surface area contributed by atoms with Crippen molar-refractivity contribution >= 4 is 21.7 Å². The van der Waals surface area contributed by atoms with E-state index in [9.17, 15) is 0 Å². The number of pyridine rings is 1. The Kier molecular flexibility index (Phi) is 6.43. The van der Waals surface area contributed by atoms with Gasteiger partial charge in [0.05, 0.1) is 5.52 Å². The lowest BCUT2D eigenvalue weighted by Crippen LogP contribution is -2.01. The van der Waals surface area contributed by atoms with Gasteiger partial charge in [0.2, 0.25) is 0 Å². The van der Waals surface area contributed by atoms with Gasteiger partial charge in [0.15, 0.2) is 17.5 Å². The Labute approximate surface area is 255 Å². The van der Waals surface area contributed by atoms with Crippen molar-refractivity contribution in [2.24, 2.45) is 0 Å². The second kappa shape index (κ2) is 11.0. The van der Waals surface area contributed by atoms with Gasteiger partial charge in [0.25, 0.3) is 0 Å². The molecule has 4 heteroatoms. The van der Waals surface area contributed by atoms with Gasteiger partial charge in [0.1, 0.15) is 0 Å². The number of nitrogens with zero attached hydrogens (tertiary/aromatic N) is 4. The highest BCUT2D eigenvalue weighted by atomic mass is 15.0. The molecule has 0 bridgehead atoms. The number of rotatable bonds is 5. The third kappa shape index (κ3) is 4.79. The van der Waals surface area contributed by atoms with Gasteiger partial charge in [-0.3, -0.25) is 4.98 Å². The van der Waals surface area contributed by atoms with Crippen molar-refractivity contribution in [2.75, 3.05) is 0 Å². The number of hydrogen-bond donors (Lipinski definition) is 0. The zero-order chi connectivity index (χ0) is 29.3. The van der Waals surface area contributed by atoms with Crippen LogP contribution in [0.3, 0.4) is 0 Å². The zero-order valence-corrected chi connectivity index (χ0v) is 23.8. The lowest BCUT2D eigenvalue weighted by atomic mass is 9.97. The second-order valence-electron chi connectivity index (χ2n) is 10.7. The summed E-state index contributed by atoms with van der Waals surface area (Å²) >= 11 is 0. The molecule has 0 aliphatic carbocycles. The monoisotopic (exact) mass is 562 g/mol. The van der Waals surface area contributed by atoms with Crippen LogP contribution in [0.2, 0.25) is 0 Å². The first-order valence-electron chi connectivity index (χ1n) is 14.6. The van der Waals surface area contributed by atoms with Gasteiger partial charge < -0.3 is 0 Å². The number of benzene rings is 6. The molecule has 44 heavy (non-hydrogen) atoms. The maximum atomic E-state index is 5.14. The topological polar surface area (TPSA) is 51.6 Å². The SMILES string of the molecule is c1ccc(-c2nc(-c3ccccc3-c3ccccc3)nc(-c3cccc4ccc(-c5cnc6ccccc6c5)cc34)n2)cc1. The summed E-state index contributed by atoms with van der Waals surface area (Å²) in [4.78, 5) is 19.9. The fraction of sp³-hybridized carbons (Fsp3) is 0. The van der Waals surface area contributed by atoms with Crippen molar-refractivity contribution in [1.29, 1.82) is 0 Å². The fourth-order valence-corrected chi connectivity index (χ4v) is 5.76. The number of fused-ring (bicyclic) bond motifs is 2. The summed E-state index contributed by atoms with van der Waals surface area (Å²) in [6, 6.07) is 52.0. The van der Waals surface area contributed by atoms with Crippen LogP contribution < -0.4 is 0 Å². The summed E-state index contributed by atoms with van der Waals surface area (Å²) in [5.41, 5.74) is 8.20. The summed E-state index contributed by atoms with van der Waals surface area (Å²) in [7, 11) is 0. The molecule has 0 saturated carbocycles. The molecule has 8 rings (SSSR count). The van der Waals surface area contributed by atoms with Gasteiger partial charge in [-0.25, -0.2) is 15.0 Å². The molecule has 0 fully saturated rings. The van der Waals surface area contributed by atoms with E-state index in [2.05, 4.69) is 91.0 Å². The molecule has 0 unspecified atom stereocenters. The first-order valence-corrected chi connectivity index (χ1v) is 14.6. The second-order valence-corrected chi connectivity index (χ2v) is 10.7. The van der Waals surface area contributed by atoms with E-state index in [1.807, 2.05) is 66.9 Å². The van der Waals surface area contributed by atoms with Crippen molar-refractivity contribution in [3.8, 4) is 56.4 Å². The van der Waals surface area contributed by atoms with Crippen molar-refractivity contribution < 1.29 is 0 Å². The van der Waals surface area contributed by atoms with Crippen molar-refractivity contribution in [3.63, 3.8) is 0 Å². The third-order valence-electron chi connectivity index (χ3n) is 7.97. The van der Waals surface area contributed by atoms with Crippen molar-refractivity contribution in [1.82, 2.24) is 19.9 Å². The molecular weight excluding hydrogens is 536 g/mol. The standard InChI is InChI=1S/C40H26N4/c1-3-12-27(13-4-1)33-18-8-9-19-34(33)39-42-38(29-14-5-2-6-15-29)43-40(44-39)35-20-11-17-28-22-23-30(25-36(28)35)32-24-31-16-7-10-21-37(31)41-26-32/h1-26H. The lowest BCUT2D eigenvalue weighted by molar-refractivity contribution is 1.08. The summed E-state index contributed by atoms with van der Waals surface area (Å²) < 4.78 is 0. The molecule has 0 amide bonds. The molecule has 0 N–H and O–H groups in total. The molecule has 0 saturated heterocycles. The van der Waals surface area contributed by atoms with E-state index in [1.54, 1.807) is 0 Å². The van der Waals surface area contributed by atoms with E-state index >= 15 is 0 Å². The Hall–Kier alpha value is -6.00. The van der Waals surface area contributed by atoms with Gasteiger partial charge in [-0.15, -0.1) is 0 Å². The maximum absolute atomic E-state index is 5.14. The van der Waals surface area contributed by atoms with E-state index in [0.717, 1.165) is 60.6 Å². The van der Waals surface area contributed by atoms with E-state index in [-0.39, 0.29) is 0 Å². The molecule has 0 spiro atoms. The Morgan fingerprint density at radius 1 is 0.341 bits per heavy atom. The average Bonchev–Trinajstić information content (AvgIpc) is 3.11. The lowest BCUT2D eigenvalue weighted by Gasteiger charge is -2.13. The Morgan fingerprint density at radius 2 is 0.955 bits per heavy atom. The van der Waals surface area contributed by atoms with Crippen LogP contribution in [0.15, 0.2) is 158 Å². The van der Waals surface area contributed by atoms with Gasteiger partial charge >= 0.3 is 0 Å². The highest BCUT2D eigenvalue weighted by Crippen LogP contribution is 2.35. The Bertz CT molecular complexity index is 2280. The summed E-state index contributed by atoms with van der Waals surface area (Å²) in [6.45, 7) is 0. The van der Waals surface area contributed by atoms with Gasteiger partial charge in [-0.2, -0.15) is 0 Å². The zero-order valence-electron chi connectivity index (χ0n) is 23.8. The summed E-state index contributed by atoms with van der Waals surface area (Å²) in [5.74, 6) is 1.91. The minimum Gasteiger partial charge on any atom is -0.256 e. The van der Waals surface area contributed by atoms with Gasteiger partial charge in [-0.1, -0.05) is 133 Å². The molecule has 0 atom stereocenters. The van der Waals surface area contributed by atoms with E-state index in [0.29, 0.717) is 17.5 Å². The highest BCUT2D eigenvalue weighted by Gasteiger charge is 2.17. The minimum absolute atomic E-state index is 0.635. The van der Waals surface area contributed by atoms with Crippen LogP contribution in [0.5, 0.6) is 0 Å². The van der Waals surface area contributed by atoms with E-state index in [4.69, 9.17) is 19.9 Å². The van der Waals surface area contributed by atoms with Crippen LogP contribution in [0.25, 0.3) is 78.1 Å². The molecular formula is C40H26N4. The molecule has 8 aromatic rings. The third-order valence-corrected chi connectivity index (χ3v) is 7.97. The van der Waals surface area contributed by atoms with Crippen LogP contribution in [0, 0.1) is 0 Å². The molecule has 206 valence electrons. The van der Waals surface area contributed by atoms with Crippen LogP contribution >= 0.6 is 0 Å². The summed E-state index contributed by atoms with van der Waals surface area (Å²) in [6.07, 6.45) is 1.95. The normalized spacial score (nSPS) is 11.2.